The Morgan fingerprint density at radius 2 is 2.10 bits per heavy atom. The fourth-order valence-electron chi connectivity index (χ4n) is 2.18. The van der Waals surface area contributed by atoms with Gasteiger partial charge in [0.25, 0.3) is 0 Å². The van der Waals surface area contributed by atoms with Crippen molar-refractivity contribution in [3.8, 4) is 0 Å². The number of methoxy groups -OCH3 is 1. The van der Waals surface area contributed by atoms with Crippen molar-refractivity contribution in [2.45, 2.75) is 25.9 Å². The van der Waals surface area contributed by atoms with Gasteiger partial charge < -0.3 is 14.5 Å². The van der Waals surface area contributed by atoms with Crippen molar-refractivity contribution in [2.24, 2.45) is 0 Å². The monoisotopic (exact) mass is 290 g/mol. The number of amides is 1. The molecule has 1 aromatic carbocycles. The van der Waals surface area contributed by atoms with E-state index in [-0.39, 0.29) is 18.0 Å². The molecular weight excluding hydrogens is 268 g/mol. The van der Waals surface area contributed by atoms with Crippen LogP contribution in [0.5, 0.6) is 0 Å². The Bertz CT molecular complexity index is 561. The molecular formula is C16H22N2O3. The molecule has 0 bridgehead atoms. The van der Waals surface area contributed by atoms with E-state index in [0.29, 0.717) is 13.2 Å². The topological polar surface area (TPSA) is 63.5 Å². The first kappa shape index (κ1) is 15.5. The van der Waals surface area contributed by atoms with Crippen molar-refractivity contribution in [2.75, 3.05) is 20.3 Å². The SMILES string of the molecule is COCCNC(=O)C(C)NC(C)c1cc2ccccc2o1. The van der Waals surface area contributed by atoms with Crippen LogP contribution in [0.2, 0.25) is 0 Å². The summed E-state index contributed by atoms with van der Waals surface area (Å²) in [5.41, 5.74) is 0.860. The summed E-state index contributed by atoms with van der Waals surface area (Å²) in [5.74, 6) is 0.780. The highest BCUT2D eigenvalue weighted by molar-refractivity contribution is 5.81. The molecule has 0 radical (unpaired) electrons. The molecule has 2 N–H and O–H groups in total. The minimum absolute atomic E-state index is 0.0411. The molecule has 2 unspecified atom stereocenters. The Kier molecular flexibility index (Phi) is 5.36. The van der Waals surface area contributed by atoms with Crippen LogP contribution in [0.4, 0.5) is 0 Å². The number of furan rings is 1. The van der Waals surface area contributed by atoms with E-state index in [2.05, 4.69) is 10.6 Å². The summed E-state index contributed by atoms with van der Waals surface area (Å²) in [4.78, 5) is 11.9. The maximum atomic E-state index is 11.9. The Morgan fingerprint density at radius 1 is 1.33 bits per heavy atom. The lowest BCUT2D eigenvalue weighted by Crippen LogP contribution is -2.43. The van der Waals surface area contributed by atoms with Gasteiger partial charge in [0.1, 0.15) is 11.3 Å². The Morgan fingerprint density at radius 3 is 2.81 bits per heavy atom. The van der Waals surface area contributed by atoms with E-state index >= 15 is 0 Å². The molecule has 1 aromatic heterocycles. The van der Waals surface area contributed by atoms with Crippen LogP contribution in [0.1, 0.15) is 25.6 Å². The number of nitrogens with one attached hydrogen (secondary N) is 2. The van der Waals surface area contributed by atoms with E-state index in [9.17, 15) is 4.79 Å². The smallest absolute Gasteiger partial charge is 0.236 e. The van der Waals surface area contributed by atoms with Gasteiger partial charge in [0.05, 0.1) is 18.7 Å². The lowest BCUT2D eigenvalue weighted by molar-refractivity contribution is -0.123. The summed E-state index contributed by atoms with van der Waals surface area (Å²) in [7, 11) is 1.61. The molecule has 2 rings (SSSR count). The van der Waals surface area contributed by atoms with Gasteiger partial charge in [-0.15, -0.1) is 0 Å². The number of benzene rings is 1. The van der Waals surface area contributed by atoms with E-state index in [4.69, 9.17) is 9.15 Å². The number of rotatable bonds is 7. The average Bonchev–Trinajstić information content (AvgIpc) is 2.91. The summed E-state index contributed by atoms with van der Waals surface area (Å²) in [5, 5.41) is 7.11. The first-order valence-electron chi connectivity index (χ1n) is 7.13. The highest BCUT2D eigenvalue weighted by Crippen LogP contribution is 2.23. The largest absolute Gasteiger partial charge is 0.459 e. The lowest BCUT2D eigenvalue weighted by Gasteiger charge is -2.18. The highest BCUT2D eigenvalue weighted by Gasteiger charge is 2.18. The molecule has 0 saturated heterocycles. The molecule has 0 spiro atoms. The zero-order valence-corrected chi connectivity index (χ0v) is 12.7. The molecule has 2 atom stereocenters. The number of carbonyl (C=O) groups is 1. The van der Waals surface area contributed by atoms with Crippen LogP contribution in [0.25, 0.3) is 11.0 Å². The summed E-state index contributed by atoms with van der Waals surface area (Å²) >= 11 is 0. The van der Waals surface area contributed by atoms with Crippen molar-refractivity contribution in [1.82, 2.24) is 10.6 Å². The first-order valence-corrected chi connectivity index (χ1v) is 7.13. The summed E-state index contributed by atoms with van der Waals surface area (Å²) in [6.07, 6.45) is 0. The molecule has 0 aliphatic rings. The lowest BCUT2D eigenvalue weighted by atomic mass is 10.2. The third-order valence-electron chi connectivity index (χ3n) is 3.37. The number of carbonyl (C=O) groups excluding carboxylic acids is 1. The van der Waals surface area contributed by atoms with Crippen LogP contribution in [-0.2, 0) is 9.53 Å². The van der Waals surface area contributed by atoms with Gasteiger partial charge in [-0.3, -0.25) is 10.1 Å². The van der Waals surface area contributed by atoms with Crippen molar-refractivity contribution >= 4 is 16.9 Å². The summed E-state index contributed by atoms with van der Waals surface area (Å²) in [6.45, 7) is 4.84. The number of hydrogen-bond donors (Lipinski definition) is 2. The van der Waals surface area contributed by atoms with E-state index in [1.165, 1.54) is 0 Å². The minimum atomic E-state index is -0.301. The Hall–Kier alpha value is -1.85. The second-order valence-corrected chi connectivity index (χ2v) is 5.08. The number of para-hydroxylation sites is 1. The van der Waals surface area contributed by atoms with Gasteiger partial charge >= 0.3 is 0 Å². The van der Waals surface area contributed by atoms with E-state index in [0.717, 1.165) is 16.7 Å². The van der Waals surface area contributed by atoms with Gasteiger partial charge in [0, 0.05) is 19.0 Å². The summed E-state index contributed by atoms with van der Waals surface area (Å²) in [6, 6.07) is 9.53. The van der Waals surface area contributed by atoms with Gasteiger partial charge in [-0.25, -0.2) is 0 Å². The predicted octanol–water partition coefficient (Wildman–Crippen LogP) is 2.23. The van der Waals surface area contributed by atoms with Crippen molar-refractivity contribution in [3.63, 3.8) is 0 Å². The Balaban J connectivity index is 1.93. The molecule has 114 valence electrons. The number of fused-ring (bicyclic) bond motifs is 1. The third kappa shape index (κ3) is 4.06. The van der Waals surface area contributed by atoms with Gasteiger partial charge in [0.2, 0.25) is 5.91 Å². The van der Waals surface area contributed by atoms with E-state index in [1.54, 1.807) is 7.11 Å². The van der Waals surface area contributed by atoms with Crippen LogP contribution >= 0.6 is 0 Å². The second kappa shape index (κ2) is 7.24. The van der Waals surface area contributed by atoms with Gasteiger partial charge in [-0.05, 0) is 26.0 Å². The van der Waals surface area contributed by atoms with Crippen molar-refractivity contribution in [3.05, 3.63) is 36.1 Å². The average molecular weight is 290 g/mol. The zero-order chi connectivity index (χ0) is 15.2. The highest BCUT2D eigenvalue weighted by atomic mass is 16.5. The predicted molar refractivity (Wildman–Crippen MR) is 82.1 cm³/mol. The third-order valence-corrected chi connectivity index (χ3v) is 3.37. The summed E-state index contributed by atoms with van der Waals surface area (Å²) < 4.78 is 10.7. The molecule has 1 amide bonds. The maximum Gasteiger partial charge on any atom is 0.236 e. The number of hydrogen-bond acceptors (Lipinski definition) is 4. The van der Waals surface area contributed by atoms with Crippen LogP contribution in [0.3, 0.4) is 0 Å². The maximum absolute atomic E-state index is 11.9. The molecule has 21 heavy (non-hydrogen) atoms. The number of ether oxygens (including phenoxy) is 1. The molecule has 2 aromatic rings. The van der Waals surface area contributed by atoms with Crippen LogP contribution in [0.15, 0.2) is 34.7 Å². The molecule has 0 fully saturated rings. The van der Waals surface area contributed by atoms with Gasteiger partial charge in [0.15, 0.2) is 0 Å². The standard InChI is InChI=1S/C16H22N2O3/c1-11(18-12(2)16(19)17-8-9-20-3)15-10-13-6-4-5-7-14(13)21-15/h4-7,10-12,18H,8-9H2,1-3H3,(H,17,19). The van der Waals surface area contributed by atoms with E-state index < -0.39 is 0 Å². The fraction of sp³-hybridized carbons (Fsp3) is 0.438. The molecule has 0 saturated carbocycles. The first-order chi connectivity index (χ1) is 10.1. The molecule has 1 heterocycles. The molecule has 5 heteroatoms. The molecule has 0 aliphatic heterocycles. The van der Waals surface area contributed by atoms with Crippen LogP contribution < -0.4 is 10.6 Å². The quantitative estimate of drug-likeness (QED) is 0.768. The molecule has 5 nitrogen and oxygen atoms in total. The fourth-order valence-corrected chi connectivity index (χ4v) is 2.18. The van der Waals surface area contributed by atoms with Gasteiger partial charge in [-0.2, -0.15) is 0 Å². The normalized spacial score (nSPS) is 14.0. The zero-order valence-electron chi connectivity index (χ0n) is 12.7. The molecule has 0 aliphatic carbocycles. The van der Waals surface area contributed by atoms with Crippen LogP contribution in [-0.4, -0.2) is 32.2 Å². The van der Waals surface area contributed by atoms with Crippen LogP contribution in [0, 0.1) is 0 Å². The Labute approximate surface area is 124 Å². The van der Waals surface area contributed by atoms with E-state index in [1.807, 2.05) is 44.2 Å². The van der Waals surface area contributed by atoms with Gasteiger partial charge in [-0.1, -0.05) is 18.2 Å². The van der Waals surface area contributed by atoms with Crippen molar-refractivity contribution in [1.29, 1.82) is 0 Å². The minimum Gasteiger partial charge on any atom is -0.459 e. The second-order valence-electron chi connectivity index (χ2n) is 5.08. The van der Waals surface area contributed by atoms with Crippen molar-refractivity contribution < 1.29 is 13.9 Å².